The summed E-state index contributed by atoms with van der Waals surface area (Å²) in [5.74, 6) is -0.584. The van der Waals surface area contributed by atoms with Crippen LogP contribution in [-0.2, 0) is 11.2 Å². The Hall–Kier alpha value is -1.36. The van der Waals surface area contributed by atoms with Crippen molar-refractivity contribution in [3.8, 4) is 0 Å². The highest BCUT2D eigenvalue weighted by Crippen LogP contribution is 2.33. The van der Waals surface area contributed by atoms with Crippen molar-refractivity contribution in [2.24, 2.45) is 5.73 Å². The van der Waals surface area contributed by atoms with E-state index < -0.39 is 5.91 Å². The van der Waals surface area contributed by atoms with Crippen LogP contribution in [-0.4, -0.2) is 11.8 Å². The van der Waals surface area contributed by atoms with Crippen LogP contribution < -0.4 is 11.1 Å². The molecule has 16 heavy (non-hydrogen) atoms. The fraction of sp³-hybridized carbons (Fsp3) is 0.455. The van der Waals surface area contributed by atoms with E-state index in [1.807, 2.05) is 13.8 Å². The summed E-state index contributed by atoms with van der Waals surface area (Å²) < 4.78 is 0. The van der Waals surface area contributed by atoms with Gasteiger partial charge in [0.1, 0.15) is 5.00 Å². The summed E-state index contributed by atoms with van der Waals surface area (Å²) in [4.78, 5) is 23.7. The number of amides is 2. The van der Waals surface area contributed by atoms with E-state index in [2.05, 4.69) is 5.32 Å². The number of anilines is 1. The third-order valence-electron chi connectivity index (χ3n) is 2.38. The zero-order valence-electron chi connectivity index (χ0n) is 9.72. The molecule has 0 aliphatic carbocycles. The maximum atomic E-state index is 11.4. The van der Waals surface area contributed by atoms with Gasteiger partial charge in [0.15, 0.2) is 0 Å². The first kappa shape index (κ1) is 12.7. The van der Waals surface area contributed by atoms with E-state index in [1.54, 1.807) is 6.92 Å². The van der Waals surface area contributed by atoms with Gasteiger partial charge in [0, 0.05) is 11.3 Å². The van der Waals surface area contributed by atoms with Crippen molar-refractivity contribution in [1.29, 1.82) is 0 Å². The number of nitrogens with two attached hydrogens (primary N) is 1. The maximum absolute atomic E-state index is 11.4. The molecule has 1 rings (SSSR count). The largest absolute Gasteiger partial charge is 0.365 e. The average Bonchev–Trinajstić information content (AvgIpc) is 2.54. The predicted molar refractivity (Wildman–Crippen MR) is 65.9 cm³/mol. The van der Waals surface area contributed by atoms with E-state index in [0.717, 1.165) is 16.9 Å². The van der Waals surface area contributed by atoms with Crippen molar-refractivity contribution in [3.05, 3.63) is 16.0 Å². The molecule has 0 spiro atoms. The number of hydrogen-bond donors (Lipinski definition) is 2. The third-order valence-corrected chi connectivity index (χ3v) is 3.45. The number of thiophene rings is 1. The minimum absolute atomic E-state index is 0.105. The highest BCUT2D eigenvalue weighted by atomic mass is 32.1. The van der Waals surface area contributed by atoms with Gasteiger partial charge in [-0.1, -0.05) is 13.8 Å². The lowest BCUT2D eigenvalue weighted by Gasteiger charge is -2.03. The van der Waals surface area contributed by atoms with Gasteiger partial charge in [-0.25, -0.2) is 0 Å². The van der Waals surface area contributed by atoms with Gasteiger partial charge in [0.05, 0.1) is 5.56 Å². The Morgan fingerprint density at radius 1 is 1.38 bits per heavy atom. The fourth-order valence-corrected chi connectivity index (χ4v) is 2.73. The first-order chi connectivity index (χ1) is 7.51. The van der Waals surface area contributed by atoms with Crippen LogP contribution in [0.15, 0.2) is 0 Å². The van der Waals surface area contributed by atoms with E-state index >= 15 is 0 Å². The maximum Gasteiger partial charge on any atom is 0.251 e. The van der Waals surface area contributed by atoms with Crippen LogP contribution in [0.3, 0.4) is 0 Å². The van der Waals surface area contributed by atoms with Crippen molar-refractivity contribution in [2.45, 2.75) is 33.6 Å². The molecule has 0 radical (unpaired) electrons. The summed E-state index contributed by atoms with van der Waals surface area (Å²) in [6.07, 6.45) is 1.12. The molecule has 5 heteroatoms. The Kier molecular flexibility index (Phi) is 4.06. The van der Waals surface area contributed by atoms with Gasteiger partial charge >= 0.3 is 0 Å². The summed E-state index contributed by atoms with van der Waals surface area (Å²) >= 11 is 1.40. The second kappa shape index (κ2) is 5.12. The number of hydrogen-bond acceptors (Lipinski definition) is 3. The molecule has 0 fully saturated rings. The van der Waals surface area contributed by atoms with Crippen molar-refractivity contribution in [2.75, 3.05) is 5.32 Å². The van der Waals surface area contributed by atoms with Gasteiger partial charge in [-0.2, -0.15) is 0 Å². The molecule has 1 aromatic rings. The summed E-state index contributed by atoms with van der Waals surface area (Å²) in [6.45, 7) is 5.66. The number of carbonyl (C=O) groups is 2. The molecule has 0 saturated heterocycles. The lowest BCUT2D eigenvalue weighted by atomic mass is 10.1. The zero-order chi connectivity index (χ0) is 12.3. The van der Waals surface area contributed by atoms with Gasteiger partial charge in [-0.15, -0.1) is 11.3 Å². The average molecular weight is 240 g/mol. The quantitative estimate of drug-likeness (QED) is 0.845. The molecule has 0 aliphatic heterocycles. The monoisotopic (exact) mass is 240 g/mol. The van der Waals surface area contributed by atoms with Gasteiger partial charge in [-0.05, 0) is 18.9 Å². The summed E-state index contributed by atoms with van der Waals surface area (Å²) in [6, 6.07) is 0. The second-order valence-electron chi connectivity index (χ2n) is 3.46. The lowest BCUT2D eigenvalue weighted by molar-refractivity contribution is -0.115. The Morgan fingerprint density at radius 2 is 2.00 bits per heavy atom. The van der Waals surface area contributed by atoms with Crippen molar-refractivity contribution in [1.82, 2.24) is 0 Å². The smallest absolute Gasteiger partial charge is 0.251 e. The highest BCUT2D eigenvalue weighted by molar-refractivity contribution is 7.16. The van der Waals surface area contributed by atoms with Gasteiger partial charge in [0.25, 0.3) is 5.91 Å². The number of aryl methyl sites for hydroxylation is 1. The Balaban J connectivity index is 3.18. The van der Waals surface area contributed by atoms with Crippen LogP contribution in [0.25, 0.3) is 0 Å². The molecule has 88 valence electrons. The molecule has 0 aromatic carbocycles. The van der Waals surface area contributed by atoms with E-state index in [9.17, 15) is 9.59 Å². The van der Waals surface area contributed by atoms with E-state index in [1.165, 1.54) is 11.3 Å². The van der Waals surface area contributed by atoms with Crippen LogP contribution in [0.2, 0.25) is 0 Å². The molecular formula is C11H16N2O2S. The van der Waals surface area contributed by atoms with Crippen LogP contribution in [0, 0.1) is 6.92 Å². The normalized spacial score (nSPS) is 10.2. The second-order valence-corrected chi connectivity index (χ2v) is 4.69. The van der Waals surface area contributed by atoms with Gasteiger partial charge in [-0.3, -0.25) is 9.59 Å². The van der Waals surface area contributed by atoms with E-state index in [-0.39, 0.29) is 5.91 Å². The van der Waals surface area contributed by atoms with Crippen LogP contribution in [0.4, 0.5) is 5.00 Å². The first-order valence-corrected chi connectivity index (χ1v) is 6.04. The first-order valence-electron chi connectivity index (χ1n) is 5.23. The molecule has 0 bridgehead atoms. The Labute approximate surface area is 98.8 Å². The molecule has 1 aromatic heterocycles. The van der Waals surface area contributed by atoms with Gasteiger partial charge in [0.2, 0.25) is 5.91 Å². The Bertz CT molecular complexity index is 424. The number of primary amides is 1. The molecule has 0 atom stereocenters. The molecular weight excluding hydrogens is 224 g/mol. The van der Waals surface area contributed by atoms with Crippen LogP contribution >= 0.6 is 11.3 Å². The minimum atomic E-state index is -0.479. The summed E-state index contributed by atoms with van der Waals surface area (Å²) in [7, 11) is 0. The van der Waals surface area contributed by atoms with Crippen molar-refractivity contribution < 1.29 is 9.59 Å². The van der Waals surface area contributed by atoms with Crippen LogP contribution in [0.5, 0.6) is 0 Å². The minimum Gasteiger partial charge on any atom is -0.365 e. The summed E-state index contributed by atoms with van der Waals surface area (Å²) in [5, 5.41) is 3.29. The fourth-order valence-electron chi connectivity index (χ4n) is 1.57. The summed E-state index contributed by atoms with van der Waals surface area (Å²) in [5.41, 5.74) is 6.74. The Morgan fingerprint density at radius 3 is 2.44 bits per heavy atom. The highest BCUT2D eigenvalue weighted by Gasteiger charge is 2.19. The topological polar surface area (TPSA) is 72.2 Å². The SMILES string of the molecule is CCC(=O)Nc1sc(C)c(CC)c1C(N)=O. The third kappa shape index (κ3) is 2.41. The number of rotatable bonds is 4. The molecule has 3 N–H and O–H groups in total. The van der Waals surface area contributed by atoms with Crippen molar-refractivity contribution >= 4 is 28.2 Å². The van der Waals surface area contributed by atoms with Gasteiger partial charge < -0.3 is 11.1 Å². The predicted octanol–water partition coefficient (Wildman–Crippen LogP) is 2.07. The molecule has 0 aliphatic rings. The standard InChI is InChI=1S/C11H16N2O2S/c1-4-7-6(3)16-11(9(7)10(12)15)13-8(14)5-2/h4-5H2,1-3H3,(H2,12,15)(H,13,14). The lowest BCUT2D eigenvalue weighted by Crippen LogP contribution is -2.17. The number of nitrogens with one attached hydrogen (secondary N) is 1. The van der Waals surface area contributed by atoms with Crippen LogP contribution in [0.1, 0.15) is 41.1 Å². The van der Waals surface area contributed by atoms with E-state index in [0.29, 0.717) is 17.0 Å². The molecule has 0 unspecified atom stereocenters. The molecule has 0 saturated carbocycles. The zero-order valence-corrected chi connectivity index (χ0v) is 10.5. The van der Waals surface area contributed by atoms with E-state index in [4.69, 9.17) is 5.73 Å². The van der Waals surface area contributed by atoms with Crippen molar-refractivity contribution in [3.63, 3.8) is 0 Å². The molecule has 2 amide bonds. The number of carbonyl (C=O) groups excluding carboxylic acids is 2. The molecule has 1 heterocycles. The molecule has 4 nitrogen and oxygen atoms in total.